The van der Waals surface area contributed by atoms with E-state index in [-0.39, 0.29) is 5.91 Å². The highest BCUT2D eigenvalue weighted by Gasteiger charge is 2.22. The van der Waals surface area contributed by atoms with Crippen molar-refractivity contribution in [3.05, 3.63) is 29.3 Å². The van der Waals surface area contributed by atoms with E-state index in [0.29, 0.717) is 12.5 Å². The molecular formula is C20H31NO2. The van der Waals surface area contributed by atoms with Crippen LogP contribution in [0, 0.1) is 13.8 Å². The summed E-state index contributed by atoms with van der Waals surface area (Å²) in [6, 6.07) is 6.41. The average molecular weight is 317 g/mol. The highest BCUT2D eigenvalue weighted by atomic mass is 16.5. The van der Waals surface area contributed by atoms with E-state index in [9.17, 15) is 4.79 Å². The second-order valence-electron chi connectivity index (χ2n) is 6.83. The van der Waals surface area contributed by atoms with Crippen LogP contribution in [0.25, 0.3) is 0 Å². The van der Waals surface area contributed by atoms with Gasteiger partial charge in [-0.25, -0.2) is 0 Å². The molecule has 0 aliphatic heterocycles. The molecule has 0 unspecified atom stereocenters. The third-order valence-electron chi connectivity index (χ3n) is 4.71. The van der Waals surface area contributed by atoms with Crippen molar-refractivity contribution in [2.75, 3.05) is 0 Å². The van der Waals surface area contributed by atoms with E-state index in [1.807, 2.05) is 26.0 Å². The SMILES string of the molecule is CC[C@@H](Oc1ccc(C)cc1C)C(=O)NC1CCCCCCC1. The second-order valence-corrected chi connectivity index (χ2v) is 6.83. The van der Waals surface area contributed by atoms with Crippen LogP contribution in [0.1, 0.15) is 69.4 Å². The number of hydrogen-bond acceptors (Lipinski definition) is 2. The number of aryl methyl sites for hydroxylation is 2. The molecule has 0 heterocycles. The summed E-state index contributed by atoms with van der Waals surface area (Å²) in [7, 11) is 0. The van der Waals surface area contributed by atoms with Crippen LogP contribution in [0.3, 0.4) is 0 Å². The minimum Gasteiger partial charge on any atom is -0.480 e. The number of carbonyl (C=O) groups excluding carboxylic acids is 1. The third kappa shape index (κ3) is 5.56. The zero-order valence-electron chi connectivity index (χ0n) is 14.9. The Morgan fingerprint density at radius 1 is 1.17 bits per heavy atom. The van der Waals surface area contributed by atoms with Crippen molar-refractivity contribution in [2.24, 2.45) is 0 Å². The first-order valence-electron chi connectivity index (χ1n) is 9.14. The number of nitrogens with one attached hydrogen (secondary N) is 1. The fourth-order valence-electron chi connectivity index (χ4n) is 3.30. The van der Waals surface area contributed by atoms with Crippen molar-refractivity contribution in [1.82, 2.24) is 5.32 Å². The van der Waals surface area contributed by atoms with Crippen LogP contribution in [-0.4, -0.2) is 18.1 Å². The maximum atomic E-state index is 12.6. The van der Waals surface area contributed by atoms with E-state index in [1.165, 1.54) is 37.7 Å². The first-order chi connectivity index (χ1) is 11.1. The molecule has 3 heteroatoms. The molecule has 0 radical (unpaired) electrons. The lowest BCUT2D eigenvalue weighted by atomic mass is 9.96. The first-order valence-corrected chi connectivity index (χ1v) is 9.14. The van der Waals surface area contributed by atoms with Crippen LogP contribution in [0.15, 0.2) is 18.2 Å². The Morgan fingerprint density at radius 3 is 2.43 bits per heavy atom. The third-order valence-corrected chi connectivity index (χ3v) is 4.71. The molecule has 128 valence electrons. The van der Waals surface area contributed by atoms with Crippen LogP contribution < -0.4 is 10.1 Å². The largest absolute Gasteiger partial charge is 0.480 e. The van der Waals surface area contributed by atoms with Crippen molar-refractivity contribution < 1.29 is 9.53 Å². The molecule has 1 atom stereocenters. The molecule has 1 aromatic carbocycles. The highest BCUT2D eigenvalue weighted by molar-refractivity contribution is 5.81. The normalized spacial score (nSPS) is 17.9. The second kappa shape index (κ2) is 8.95. The number of hydrogen-bond donors (Lipinski definition) is 1. The van der Waals surface area contributed by atoms with E-state index in [2.05, 4.69) is 18.3 Å². The van der Waals surface area contributed by atoms with Gasteiger partial charge in [0.2, 0.25) is 0 Å². The summed E-state index contributed by atoms with van der Waals surface area (Å²) in [5.41, 5.74) is 2.30. The maximum absolute atomic E-state index is 12.6. The number of rotatable bonds is 5. The summed E-state index contributed by atoms with van der Waals surface area (Å²) in [5, 5.41) is 3.22. The Hall–Kier alpha value is -1.51. The van der Waals surface area contributed by atoms with E-state index >= 15 is 0 Å². The standard InChI is InChI=1S/C20H31NO2/c1-4-18(23-19-13-12-15(2)14-16(19)3)20(22)21-17-10-8-6-5-7-9-11-17/h12-14,17-18H,4-11H2,1-3H3,(H,21,22)/t18-/m1/s1. The Labute approximate surface area is 140 Å². The van der Waals surface area contributed by atoms with Crippen molar-refractivity contribution in [2.45, 2.75) is 84.3 Å². The molecule has 0 spiro atoms. The van der Waals surface area contributed by atoms with Crippen LogP contribution in [0.4, 0.5) is 0 Å². The van der Waals surface area contributed by atoms with Crippen molar-refractivity contribution >= 4 is 5.91 Å². The zero-order valence-corrected chi connectivity index (χ0v) is 14.9. The number of ether oxygens (including phenoxy) is 1. The molecular weight excluding hydrogens is 286 g/mol. The number of carbonyl (C=O) groups is 1. The molecule has 1 saturated carbocycles. The Kier molecular flexibility index (Phi) is 6.94. The van der Waals surface area contributed by atoms with Crippen LogP contribution in [0.5, 0.6) is 5.75 Å². The van der Waals surface area contributed by atoms with Crippen molar-refractivity contribution in [1.29, 1.82) is 0 Å². The summed E-state index contributed by atoms with van der Waals surface area (Å²) >= 11 is 0. The fraction of sp³-hybridized carbons (Fsp3) is 0.650. The van der Waals surface area contributed by atoms with Crippen molar-refractivity contribution in [3.8, 4) is 5.75 Å². The summed E-state index contributed by atoms with van der Waals surface area (Å²) in [4.78, 5) is 12.6. The Morgan fingerprint density at radius 2 is 1.83 bits per heavy atom. The molecule has 1 aliphatic carbocycles. The molecule has 2 rings (SSSR count). The van der Waals surface area contributed by atoms with Gasteiger partial charge in [0.05, 0.1) is 0 Å². The first kappa shape index (κ1) is 17.8. The van der Waals surface area contributed by atoms with Crippen LogP contribution >= 0.6 is 0 Å². The van der Waals surface area contributed by atoms with Gasteiger partial charge in [-0.05, 0) is 44.7 Å². The maximum Gasteiger partial charge on any atom is 0.261 e. The van der Waals surface area contributed by atoms with Crippen LogP contribution in [-0.2, 0) is 4.79 Å². The zero-order chi connectivity index (χ0) is 16.7. The quantitative estimate of drug-likeness (QED) is 0.855. The number of benzene rings is 1. The van der Waals surface area contributed by atoms with Gasteiger partial charge < -0.3 is 10.1 Å². The average Bonchev–Trinajstić information content (AvgIpc) is 2.49. The van der Waals surface area contributed by atoms with Gasteiger partial charge in [0.1, 0.15) is 5.75 Å². The molecule has 1 aliphatic rings. The summed E-state index contributed by atoms with van der Waals surface area (Å²) in [6.45, 7) is 6.10. The molecule has 3 nitrogen and oxygen atoms in total. The van der Waals surface area contributed by atoms with E-state index in [0.717, 1.165) is 24.2 Å². The molecule has 1 aromatic rings. The van der Waals surface area contributed by atoms with Gasteiger partial charge in [0.15, 0.2) is 6.10 Å². The van der Waals surface area contributed by atoms with E-state index in [4.69, 9.17) is 4.74 Å². The lowest BCUT2D eigenvalue weighted by molar-refractivity contribution is -0.129. The topological polar surface area (TPSA) is 38.3 Å². The van der Waals surface area contributed by atoms with E-state index in [1.54, 1.807) is 0 Å². The molecule has 1 N–H and O–H groups in total. The Bertz CT molecular complexity index is 504. The molecule has 1 amide bonds. The monoisotopic (exact) mass is 317 g/mol. The summed E-state index contributed by atoms with van der Waals surface area (Å²) in [5.74, 6) is 0.855. The summed E-state index contributed by atoms with van der Waals surface area (Å²) in [6.07, 6.45) is 8.86. The summed E-state index contributed by atoms with van der Waals surface area (Å²) < 4.78 is 6.00. The minimum atomic E-state index is -0.401. The lowest BCUT2D eigenvalue weighted by Crippen LogP contribution is -2.43. The predicted molar refractivity (Wildman–Crippen MR) is 94.9 cm³/mol. The molecule has 1 fully saturated rings. The molecule has 0 bridgehead atoms. The van der Waals surface area contributed by atoms with Gasteiger partial charge in [0, 0.05) is 6.04 Å². The molecule has 23 heavy (non-hydrogen) atoms. The number of amides is 1. The van der Waals surface area contributed by atoms with Gasteiger partial charge in [-0.15, -0.1) is 0 Å². The van der Waals surface area contributed by atoms with Gasteiger partial charge in [-0.1, -0.05) is 56.7 Å². The Balaban J connectivity index is 1.94. The molecule has 0 saturated heterocycles. The molecule has 0 aromatic heterocycles. The van der Waals surface area contributed by atoms with Gasteiger partial charge >= 0.3 is 0 Å². The van der Waals surface area contributed by atoms with Gasteiger partial charge in [-0.3, -0.25) is 4.79 Å². The highest BCUT2D eigenvalue weighted by Crippen LogP contribution is 2.22. The van der Waals surface area contributed by atoms with Crippen molar-refractivity contribution in [3.63, 3.8) is 0 Å². The minimum absolute atomic E-state index is 0.0399. The van der Waals surface area contributed by atoms with E-state index < -0.39 is 6.10 Å². The van der Waals surface area contributed by atoms with Gasteiger partial charge in [-0.2, -0.15) is 0 Å². The van der Waals surface area contributed by atoms with Crippen LogP contribution in [0.2, 0.25) is 0 Å². The fourth-order valence-corrected chi connectivity index (χ4v) is 3.30. The van der Waals surface area contributed by atoms with Gasteiger partial charge in [0.25, 0.3) is 5.91 Å². The predicted octanol–water partition coefficient (Wildman–Crippen LogP) is 4.69. The smallest absolute Gasteiger partial charge is 0.261 e. The lowest BCUT2D eigenvalue weighted by Gasteiger charge is -2.24.